The summed E-state index contributed by atoms with van der Waals surface area (Å²) in [6.07, 6.45) is 6.37. The molecule has 0 fully saturated rings. The van der Waals surface area contributed by atoms with E-state index in [1.165, 1.54) is 0 Å². The van der Waals surface area contributed by atoms with Gasteiger partial charge in [-0.3, -0.25) is 4.79 Å². The Morgan fingerprint density at radius 3 is 2.50 bits per heavy atom. The lowest BCUT2D eigenvalue weighted by Gasteiger charge is -2.18. The minimum atomic E-state index is -1.06. The van der Waals surface area contributed by atoms with Crippen LogP contribution in [0.2, 0.25) is 0 Å². The van der Waals surface area contributed by atoms with E-state index in [1.54, 1.807) is 6.92 Å². The summed E-state index contributed by atoms with van der Waals surface area (Å²) in [6, 6.07) is 0. The van der Waals surface area contributed by atoms with Gasteiger partial charge in [0.15, 0.2) is 0 Å². The summed E-state index contributed by atoms with van der Waals surface area (Å²) in [5.41, 5.74) is 4.49. The molecule has 0 aromatic heterocycles. The molecule has 0 saturated carbocycles. The molecule has 0 bridgehead atoms. The number of halogens is 1. The van der Waals surface area contributed by atoms with Gasteiger partial charge in [-0.2, -0.15) is 0 Å². The lowest BCUT2D eigenvalue weighted by Crippen LogP contribution is -2.44. The fraction of sp³-hybridized carbons (Fsp3) is 0.700. The zero-order valence-electron chi connectivity index (χ0n) is 8.66. The molecule has 0 radical (unpaired) electrons. The third-order valence-electron chi connectivity index (χ3n) is 2.09. The normalized spacial score (nSPS) is 13.9. The number of unbranched alkanes of at least 4 members (excludes halogenated alkanes) is 3. The number of allylic oxidation sites excluding steroid dienone is 1. The van der Waals surface area contributed by atoms with Gasteiger partial charge in [-0.25, -0.2) is 0 Å². The van der Waals surface area contributed by atoms with Crippen LogP contribution in [0.5, 0.6) is 0 Å². The van der Waals surface area contributed by atoms with E-state index < -0.39 is 11.5 Å². The summed E-state index contributed by atoms with van der Waals surface area (Å²) < 4.78 is 0. The molecule has 1 atom stereocenters. The van der Waals surface area contributed by atoms with Crippen molar-refractivity contribution in [3.8, 4) is 0 Å². The van der Waals surface area contributed by atoms with Gasteiger partial charge in [-0.05, 0) is 26.2 Å². The van der Waals surface area contributed by atoms with Crippen LogP contribution in [0.4, 0.5) is 0 Å². The Kier molecular flexibility index (Phi) is 8.89. The van der Waals surface area contributed by atoms with Crippen LogP contribution in [-0.4, -0.2) is 16.6 Å². The predicted molar refractivity (Wildman–Crippen MR) is 60.8 cm³/mol. The van der Waals surface area contributed by atoms with E-state index >= 15 is 0 Å². The van der Waals surface area contributed by atoms with Gasteiger partial charge in [0, 0.05) is 0 Å². The van der Waals surface area contributed by atoms with Crippen molar-refractivity contribution in [3.05, 3.63) is 12.7 Å². The summed E-state index contributed by atoms with van der Waals surface area (Å²) in [5.74, 6) is -0.920. The lowest BCUT2D eigenvalue weighted by atomic mass is 9.95. The Morgan fingerprint density at radius 2 is 2.07 bits per heavy atom. The highest BCUT2D eigenvalue weighted by Crippen LogP contribution is 2.12. The predicted octanol–water partition coefficient (Wildman–Crippen LogP) is 2.35. The maximum Gasteiger partial charge on any atom is 0.323 e. The van der Waals surface area contributed by atoms with E-state index in [0.717, 1.165) is 25.7 Å². The van der Waals surface area contributed by atoms with Crippen LogP contribution in [0, 0.1) is 0 Å². The van der Waals surface area contributed by atoms with Crippen LogP contribution in [0.1, 0.15) is 39.0 Å². The molecule has 0 aliphatic heterocycles. The first-order valence-electron chi connectivity index (χ1n) is 4.64. The van der Waals surface area contributed by atoms with Crippen molar-refractivity contribution in [2.24, 2.45) is 5.73 Å². The summed E-state index contributed by atoms with van der Waals surface area (Å²) in [5, 5.41) is 8.70. The van der Waals surface area contributed by atoms with Gasteiger partial charge in [0.1, 0.15) is 5.54 Å². The minimum absolute atomic E-state index is 0. The van der Waals surface area contributed by atoms with Crippen molar-refractivity contribution in [2.75, 3.05) is 0 Å². The van der Waals surface area contributed by atoms with Crippen molar-refractivity contribution in [2.45, 2.75) is 44.6 Å². The first-order chi connectivity index (χ1) is 6.00. The van der Waals surface area contributed by atoms with Gasteiger partial charge in [0.05, 0.1) is 0 Å². The number of hydrogen-bond acceptors (Lipinski definition) is 2. The largest absolute Gasteiger partial charge is 0.480 e. The maximum atomic E-state index is 10.6. The summed E-state index contributed by atoms with van der Waals surface area (Å²) in [6.45, 7) is 5.17. The smallest absolute Gasteiger partial charge is 0.323 e. The van der Waals surface area contributed by atoms with E-state index in [4.69, 9.17) is 10.8 Å². The zero-order valence-corrected chi connectivity index (χ0v) is 9.48. The van der Waals surface area contributed by atoms with Crippen LogP contribution >= 0.6 is 12.4 Å². The van der Waals surface area contributed by atoms with Gasteiger partial charge >= 0.3 is 5.97 Å². The van der Waals surface area contributed by atoms with E-state index in [9.17, 15) is 4.79 Å². The topological polar surface area (TPSA) is 63.3 Å². The molecule has 3 N–H and O–H groups in total. The highest BCUT2D eigenvalue weighted by Gasteiger charge is 2.26. The van der Waals surface area contributed by atoms with Crippen LogP contribution in [-0.2, 0) is 4.79 Å². The van der Waals surface area contributed by atoms with Crippen molar-refractivity contribution < 1.29 is 9.90 Å². The number of hydrogen-bond donors (Lipinski definition) is 2. The summed E-state index contributed by atoms with van der Waals surface area (Å²) in [4.78, 5) is 10.6. The fourth-order valence-corrected chi connectivity index (χ4v) is 1.06. The molecular weight excluding hydrogens is 202 g/mol. The van der Waals surface area contributed by atoms with Gasteiger partial charge in [-0.15, -0.1) is 19.0 Å². The Morgan fingerprint density at radius 1 is 1.50 bits per heavy atom. The second-order valence-corrected chi connectivity index (χ2v) is 3.61. The number of aliphatic carboxylic acids is 1. The number of carboxylic acids is 1. The average Bonchev–Trinajstić information content (AvgIpc) is 2.03. The van der Waals surface area contributed by atoms with Crippen molar-refractivity contribution in [1.82, 2.24) is 0 Å². The highest BCUT2D eigenvalue weighted by atomic mass is 35.5. The Labute approximate surface area is 91.8 Å². The highest BCUT2D eigenvalue weighted by molar-refractivity contribution is 5.85. The number of carbonyl (C=O) groups is 1. The zero-order chi connectivity index (χ0) is 10.3. The second-order valence-electron chi connectivity index (χ2n) is 3.61. The molecule has 0 unspecified atom stereocenters. The SMILES string of the molecule is C=CCCCCC[C@](C)(N)C(=O)O.Cl. The van der Waals surface area contributed by atoms with Gasteiger partial charge in [0.2, 0.25) is 0 Å². The Hall–Kier alpha value is -0.540. The molecule has 0 aliphatic rings. The van der Waals surface area contributed by atoms with Gasteiger partial charge in [0.25, 0.3) is 0 Å². The Bertz CT molecular complexity index is 181. The standard InChI is InChI=1S/C10H19NO2.ClH/c1-3-4-5-6-7-8-10(2,11)9(12)13;/h3H,1,4-8,11H2,2H3,(H,12,13);1H/t10-;/m0./s1. The third-order valence-corrected chi connectivity index (χ3v) is 2.09. The molecule has 0 saturated heterocycles. The molecular formula is C10H20ClNO2. The average molecular weight is 222 g/mol. The maximum absolute atomic E-state index is 10.6. The molecule has 0 spiro atoms. The third kappa shape index (κ3) is 6.92. The molecule has 4 heteroatoms. The number of rotatable bonds is 7. The van der Waals surface area contributed by atoms with Crippen molar-refractivity contribution in [1.29, 1.82) is 0 Å². The van der Waals surface area contributed by atoms with Gasteiger partial charge < -0.3 is 10.8 Å². The monoisotopic (exact) mass is 221 g/mol. The van der Waals surface area contributed by atoms with Crippen molar-refractivity contribution in [3.63, 3.8) is 0 Å². The molecule has 3 nitrogen and oxygen atoms in total. The minimum Gasteiger partial charge on any atom is -0.480 e. The summed E-state index contributed by atoms with van der Waals surface area (Å²) >= 11 is 0. The number of carboxylic acid groups (broad SMARTS) is 1. The van der Waals surface area contributed by atoms with E-state index in [2.05, 4.69) is 6.58 Å². The second kappa shape index (κ2) is 7.83. The molecule has 14 heavy (non-hydrogen) atoms. The van der Waals surface area contributed by atoms with Crippen molar-refractivity contribution >= 4 is 18.4 Å². The number of nitrogens with two attached hydrogens (primary N) is 1. The molecule has 84 valence electrons. The van der Waals surface area contributed by atoms with Crippen LogP contribution in [0.3, 0.4) is 0 Å². The van der Waals surface area contributed by atoms with Gasteiger partial charge in [-0.1, -0.05) is 18.9 Å². The van der Waals surface area contributed by atoms with E-state index in [-0.39, 0.29) is 12.4 Å². The quantitative estimate of drug-likeness (QED) is 0.513. The molecule has 0 aliphatic carbocycles. The van der Waals surface area contributed by atoms with E-state index in [1.807, 2.05) is 6.08 Å². The lowest BCUT2D eigenvalue weighted by molar-refractivity contribution is -0.142. The molecule has 0 heterocycles. The fourth-order valence-electron chi connectivity index (χ4n) is 1.06. The molecule has 0 aromatic carbocycles. The van der Waals surface area contributed by atoms with Crippen LogP contribution in [0.25, 0.3) is 0 Å². The molecule has 0 rings (SSSR count). The van der Waals surface area contributed by atoms with E-state index in [0.29, 0.717) is 6.42 Å². The molecule has 0 amide bonds. The van der Waals surface area contributed by atoms with Crippen LogP contribution in [0.15, 0.2) is 12.7 Å². The first-order valence-corrected chi connectivity index (χ1v) is 4.64. The first kappa shape index (κ1) is 15.9. The summed E-state index contributed by atoms with van der Waals surface area (Å²) in [7, 11) is 0. The molecule has 0 aromatic rings. The van der Waals surface area contributed by atoms with Crippen LogP contribution < -0.4 is 5.73 Å². The Balaban J connectivity index is 0.